The van der Waals surface area contributed by atoms with Crippen molar-refractivity contribution < 1.29 is 33.6 Å². The summed E-state index contributed by atoms with van der Waals surface area (Å²) in [4.78, 5) is 102. The van der Waals surface area contributed by atoms with Gasteiger partial charge in [-0.15, -0.1) is 0 Å². The van der Waals surface area contributed by atoms with Gasteiger partial charge in [-0.3, -0.25) is 43.4 Å². The van der Waals surface area contributed by atoms with E-state index in [-0.39, 0.29) is 46.2 Å². The Balaban J connectivity index is 0.927. The number of nitrogens with two attached hydrogens (primary N) is 2. The fourth-order valence-electron chi connectivity index (χ4n) is 9.13. The summed E-state index contributed by atoms with van der Waals surface area (Å²) < 4.78 is 0. The fraction of sp³-hybridized carbons (Fsp3) is 0.0727. The van der Waals surface area contributed by atoms with Crippen molar-refractivity contribution in [1.82, 2.24) is 9.80 Å². The van der Waals surface area contributed by atoms with Gasteiger partial charge in [0.15, 0.2) is 5.78 Å². The van der Waals surface area contributed by atoms with Crippen LogP contribution in [0.3, 0.4) is 0 Å². The molecule has 0 saturated heterocycles. The molecule has 0 saturated carbocycles. The summed E-state index contributed by atoms with van der Waals surface area (Å²) in [5.74, 6) is -4.76. The molecule has 332 valence electrons. The van der Waals surface area contributed by atoms with Gasteiger partial charge in [-0.2, -0.15) is 0 Å². The number of nitrogens with zero attached hydrogens (tertiary/aromatic N) is 2. The molecule has 0 fully saturated rings. The first-order valence-corrected chi connectivity index (χ1v) is 21.8. The van der Waals surface area contributed by atoms with Crippen LogP contribution >= 0.6 is 0 Å². The van der Waals surface area contributed by atoms with Crippen LogP contribution in [0.25, 0.3) is 21.5 Å². The van der Waals surface area contributed by atoms with Crippen LogP contribution in [0.5, 0.6) is 0 Å². The van der Waals surface area contributed by atoms with Gasteiger partial charge >= 0.3 is 0 Å². The number of hydrogen-bond donors (Lipinski definition) is 4. The molecular weight excluding hydrogens is 857 g/mol. The van der Waals surface area contributed by atoms with Crippen molar-refractivity contribution in [3.8, 4) is 0 Å². The third kappa shape index (κ3) is 7.57. The Hall–Kier alpha value is -9.23. The highest BCUT2D eigenvalue weighted by Gasteiger charge is 2.45. The zero-order valence-corrected chi connectivity index (χ0v) is 36.1. The molecule has 6 amide bonds. The monoisotopic (exact) mass is 896 g/mol. The lowest BCUT2D eigenvalue weighted by molar-refractivity contribution is -0.120. The summed E-state index contributed by atoms with van der Waals surface area (Å²) in [6.45, 7) is 0. The smallest absolute Gasteiger partial charge is 0.262 e. The van der Waals surface area contributed by atoms with Crippen molar-refractivity contribution >= 4 is 85.5 Å². The number of carbonyl (C=O) groups is 7. The van der Waals surface area contributed by atoms with Crippen LogP contribution < -0.4 is 22.1 Å². The van der Waals surface area contributed by atoms with Gasteiger partial charge in [0.1, 0.15) is 12.1 Å². The van der Waals surface area contributed by atoms with Crippen LogP contribution in [0.1, 0.15) is 68.5 Å². The van der Waals surface area contributed by atoms with E-state index >= 15 is 0 Å². The van der Waals surface area contributed by atoms with Gasteiger partial charge in [0.05, 0.1) is 22.3 Å². The predicted octanol–water partition coefficient (Wildman–Crippen LogP) is 8.08. The number of nitrogen functional groups attached to an aromatic ring is 2. The number of anilines is 4. The number of benzene rings is 8. The highest BCUT2D eigenvalue weighted by Crippen LogP contribution is 2.34. The van der Waals surface area contributed by atoms with E-state index in [0.717, 1.165) is 20.6 Å². The zero-order chi connectivity index (χ0) is 47.2. The molecule has 0 radical (unpaired) electrons. The molecule has 2 unspecified atom stereocenters. The van der Waals surface area contributed by atoms with E-state index in [0.29, 0.717) is 44.6 Å². The van der Waals surface area contributed by atoms with E-state index in [9.17, 15) is 33.6 Å². The average molecular weight is 897 g/mol. The highest BCUT2D eigenvalue weighted by molar-refractivity contribution is 6.26. The van der Waals surface area contributed by atoms with Crippen molar-refractivity contribution in [2.24, 2.45) is 0 Å². The fourth-order valence-corrected chi connectivity index (χ4v) is 9.13. The van der Waals surface area contributed by atoms with Crippen molar-refractivity contribution in [3.05, 3.63) is 214 Å². The lowest BCUT2D eigenvalue weighted by atomic mass is 9.96. The first-order chi connectivity index (χ1) is 33.0. The molecule has 2 atom stereocenters. The summed E-state index contributed by atoms with van der Waals surface area (Å²) in [6, 6.07) is 44.8. The Morgan fingerprint density at radius 2 is 0.779 bits per heavy atom. The summed E-state index contributed by atoms with van der Waals surface area (Å²) in [6.07, 6.45) is 0.00373. The van der Waals surface area contributed by atoms with Gasteiger partial charge < -0.3 is 22.1 Å². The number of ketones is 1. The summed E-state index contributed by atoms with van der Waals surface area (Å²) >= 11 is 0. The van der Waals surface area contributed by atoms with Gasteiger partial charge in [-0.05, 0) is 59.7 Å². The maximum Gasteiger partial charge on any atom is 0.262 e. The summed E-state index contributed by atoms with van der Waals surface area (Å²) in [5, 5.41) is 8.65. The molecule has 10 rings (SSSR count). The van der Waals surface area contributed by atoms with Crippen molar-refractivity contribution in [1.29, 1.82) is 0 Å². The quantitative estimate of drug-likeness (QED) is 0.0531. The Kier molecular flexibility index (Phi) is 10.9. The van der Waals surface area contributed by atoms with Crippen LogP contribution in [0.4, 0.5) is 22.7 Å². The van der Waals surface area contributed by atoms with E-state index < -0.39 is 53.3 Å². The van der Waals surface area contributed by atoms with Crippen molar-refractivity contribution in [2.45, 2.75) is 24.9 Å². The second kappa shape index (κ2) is 17.3. The number of fused-ring (bicyclic) bond motifs is 4. The molecule has 13 nitrogen and oxygen atoms in total. The van der Waals surface area contributed by atoms with Crippen LogP contribution in [0, 0.1) is 0 Å². The van der Waals surface area contributed by atoms with E-state index in [1.54, 1.807) is 97.1 Å². The molecule has 2 aliphatic rings. The maximum absolute atomic E-state index is 14.3. The number of imide groups is 2. The Morgan fingerprint density at radius 3 is 1.19 bits per heavy atom. The molecule has 0 aliphatic carbocycles. The van der Waals surface area contributed by atoms with Crippen molar-refractivity contribution in [3.63, 3.8) is 0 Å². The number of rotatable bonds is 12. The number of hydrogen-bond acceptors (Lipinski definition) is 9. The minimum absolute atomic E-state index is 0.00187. The molecule has 13 heteroatoms. The topological polar surface area (TPSA) is 202 Å². The standard InChI is InChI=1S/C55H40N6O7/c56-43-19-7-17-37-35(43)15-9-21-45(37)58-50(63)47(27-31-11-3-1-4-12-31)60-52(65)39-25-23-33(29-41(39)54(60)67)49(62)34-24-26-40-42(30-34)55(68)61(53(40)66)48(28-32-13-5-2-6-14-32)51(64)59-46-22-10-16-36-38(46)18-8-20-44(36)57/h1-26,29-30,47-48H,27-28,56-57H2,(H,58,63)(H,59,64). The minimum Gasteiger partial charge on any atom is -0.398 e. The van der Waals surface area contributed by atoms with E-state index in [4.69, 9.17) is 11.5 Å². The number of carbonyl (C=O) groups excluding carboxylic acids is 7. The second-order valence-electron chi connectivity index (χ2n) is 16.7. The average Bonchev–Trinajstić information content (AvgIpc) is 3.75. The minimum atomic E-state index is -1.29. The Labute approximate surface area is 389 Å². The first-order valence-electron chi connectivity index (χ1n) is 21.8. The van der Waals surface area contributed by atoms with Crippen LogP contribution in [0.15, 0.2) is 170 Å². The third-order valence-electron chi connectivity index (χ3n) is 12.6. The molecule has 0 bridgehead atoms. The summed E-state index contributed by atoms with van der Waals surface area (Å²) in [5.41, 5.74) is 15.7. The molecule has 6 N–H and O–H groups in total. The molecule has 2 heterocycles. The van der Waals surface area contributed by atoms with Gasteiger partial charge in [0.2, 0.25) is 11.8 Å². The van der Waals surface area contributed by atoms with Gasteiger partial charge in [-0.25, -0.2) is 0 Å². The molecule has 0 spiro atoms. The lowest BCUT2D eigenvalue weighted by Crippen LogP contribution is -2.48. The molecule has 0 aromatic heterocycles. The Bertz CT molecular complexity index is 3220. The highest BCUT2D eigenvalue weighted by atomic mass is 16.2. The maximum atomic E-state index is 14.3. The molecule has 2 aliphatic heterocycles. The van der Waals surface area contributed by atoms with Crippen LogP contribution in [-0.4, -0.2) is 63.1 Å². The van der Waals surface area contributed by atoms with Crippen LogP contribution in [-0.2, 0) is 22.4 Å². The van der Waals surface area contributed by atoms with E-state index in [1.165, 1.54) is 36.4 Å². The SMILES string of the molecule is Nc1cccc2c(NC(=O)C(Cc3ccccc3)N3C(=O)c4ccc(C(=O)c5ccc6c(c5)C(=O)N(C(Cc5ccccc5)C(=O)Nc5cccc7c(N)cccc57)C6=O)cc4C3=O)cccc12. The largest absolute Gasteiger partial charge is 0.398 e. The van der Waals surface area contributed by atoms with Crippen molar-refractivity contribution in [2.75, 3.05) is 22.1 Å². The normalized spacial score (nSPS) is 13.9. The molecule has 8 aromatic carbocycles. The Morgan fingerprint density at radius 1 is 0.412 bits per heavy atom. The summed E-state index contributed by atoms with van der Waals surface area (Å²) in [7, 11) is 0. The number of amides is 6. The number of nitrogens with one attached hydrogen (secondary N) is 2. The van der Waals surface area contributed by atoms with Gasteiger partial charge in [-0.1, -0.05) is 121 Å². The van der Waals surface area contributed by atoms with Gasteiger partial charge in [0.25, 0.3) is 23.6 Å². The molecular formula is C55H40N6O7. The van der Waals surface area contributed by atoms with Crippen LogP contribution in [0.2, 0.25) is 0 Å². The van der Waals surface area contributed by atoms with E-state index in [1.807, 2.05) is 36.4 Å². The zero-order valence-electron chi connectivity index (χ0n) is 36.1. The lowest BCUT2D eigenvalue weighted by Gasteiger charge is -2.26. The third-order valence-corrected chi connectivity index (χ3v) is 12.6. The van der Waals surface area contributed by atoms with E-state index in [2.05, 4.69) is 10.6 Å². The predicted molar refractivity (Wildman–Crippen MR) is 259 cm³/mol. The second-order valence-corrected chi connectivity index (χ2v) is 16.7. The molecule has 8 aromatic rings. The van der Waals surface area contributed by atoms with Gasteiger partial charge in [0, 0.05) is 68.3 Å². The first kappa shape index (κ1) is 42.7. The molecule has 68 heavy (non-hydrogen) atoms.